The third kappa shape index (κ3) is 1.52. The summed E-state index contributed by atoms with van der Waals surface area (Å²) in [5.41, 5.74) is 2.02. The molecule has 0 aromatic carbocycles. The molecule has 0 radical (unpaired) electrons. The number of carbonyl (C=O) groups is 1. The third-order valence-electron chi connectivity index (χ3n) is 4.27. The predicted molar refractivity (Wildman–Crippen MR) is 74.5 cm³/mol. The Bertz CT molecular complexity index is 818. The van der Waals surface area contributed by atoms with Gasteiger partial charge in [0.15, 0.2) is 0 Å². The van der Waals surface area contributed by atoms with Gasteiger partial charge in [-0.1, -0.05) is 0 Å². The molecular weight excluding hydrogens is 254 g/mol. The number of hydrogen-bond acceptors (Lipinski definition) is 3. The van der Waals surface area contributed by atoms with Crippen molar-refractivity contribution in [1.29, 1.82) is 0 Å². The summed E-state index contributed by atoms with van der Waals surface area (Å²) in [6.45, 7) is 0. The highest BCUT2D eigenvalue weighted by atomic mass is 16.4. The van der Waals surface area contributed by atoms with Crippen molar-refractivity contribution >= 4 is 27.8 Å². The maximum absolute atomic E-state index is 10.9. The minimum atomic E-state index is -0.689. The lowest BCUT2D eigenvalue weighted by Crippen LogP contribution is -2.28. The molecule has 2 N–H and O–H groups in total. The largest absolute Gasteiger partial charge is 0.481 e. The summed E-state index contributed by atoms with van der Waals surface area (Å²) in [7, 11) is 0. The van der Waals surface area contributed by atoms with Gasteiger partial charge in [-0.15, -0.1) is 0 Å². The number of H-pyrrole nitrogens is 1. The Kier molecular flexibility index (Phi) is 2.30. The zero-order chi connectivity index (χ0) is 13.7. The van der Waals surface area contributed by atoms with Crippen LogP contribution in [-0.2, 0) is 4.79 Å². The van der Waals surface area contributed by atoms with Crippen molar-refractivity contribution in [3.05, 3.63) is 36.4 Å². The van der Waals surface area contributed by atoms with Gasteiger partial charge in [0, 0.05) is 40.9 Å². The number of hydrogen-bond donors (Lipinski definition) is 2. The van der Waals surface area contributed by atoms with Crippen LogP contribution in [-0.4, -0.2) is 26.0 Å². The van der Waals surface area contributed by atoms with Gasteiger partial charge < -0.3 is 10.1 Å². The zero-order valence-corrected chi connectivity index (χ0v) is 10.7. The SMILES string of the molecule is O=C(O)C1CC(c2c[nH]c3ncc4ccncc4c23)C1. The Morgan fingerprint density at radius 1 is 1.35 bits per heavy atom. The molecule has 3 aromatic rings. The molecule has 5 heteroatoms. The Balaban J connectivity index is 1.85. The van der Waals surface area contributed by atoms with Crippen molar-refractivity contribution in [2.24, 2.45) is 5.92 Å². The third-order valence-corrected chi connectivity index (χ3v) is 4.27. The van der Waals surface area contributed by atoms with Crippen LogP contribution in [0.2, 0.25) is 0 Å². The van der Waals surface area contributed by atoms with Crippen LogP contribution < -0.4 is 0 Å². The van der Waals surface area contributed by atoms with Crippen molar-refractivity contribution < 1.29 is 9.90 Å². The fourth-order valence-corrected chi connectivity index (χ4v) is 3.07. The maximum Gasteiger partial charge on any atom is 0.306 e. The first-order valence-electron chi connectivity index (χ1n) is 6.66. The van der Waals surface area contributed by atoms with Gasteiger partial charge in [-0.05, 0) is 30.4 Å². The standard InChI is InChI=1S/C15H13N3O2/c19-15(20)10-3-9(4-10)12-7-18-14-13(12)11-6-16-2-1-8(11)5-17-14/h1-2,5-7,9-10H,3-4H2,(H,17,18)(H,19,20). The minimum Gasteiger partial charge on any atom is -0.481 e. The van der Waals surface area contributed by atoms with Crippen molar-refractivity contribution in [2.75, 3.05) is 0 Å². The predicted octanol–water partition coefficient (Wildman–Crippen LogP) is 2.69. The quantitative estimate of drug-likeness (QED) is 0.748. The number of aromatic amines is 1. The number of carboxylic acids is 1. The van der Waals surface area contributed by atoms with Gasteiger partial charge in [-0.25, -0.2) is 4.98 Å². The molecule has 0 saturated heterocycles. The molecule has 100 valence electrons. The average Bonchev–Trinajstić information content (AvgIpc) is 2.81. The Labute approximate surface area is 114 Å². The van der Waals surface area contributed by atoms with E-state index in [9.17, 15) is 4.79 Å². The fraction of sp³-hybridized carbons (Fsp3) is 0.267. The second-order valence-corrected chi connectivity index (χ2v) is 5.39. The molecule has 1 aliphatic rings. The van der Waals surface area contributed by atoms with E-state index < -0.39 is 5.97 Å². The summed E-state index contributed by atoms with van der Waals surface area (Å²) in [5, 5.41) is 12.2. The number of carboxylic acid groups (broad SMARTS) is 1. The van der Waals surface area contributed by atoms with Gasteiger partial charge in [-0.3, -0.25) is 9.78 Å². The van der Waals surface area contributed by atoms with Crippen LogP contribution in [0.4, 0.5) is 0 Å². The second kappa shape index (κ2) is 4.03. The highest BCUT2D eigenvalue weighted by Gasteiger charge is 2.36. The summed E-state index contributed by atoms with van der Waals surface area (Å²) in [6.07, 6.45) is 8.82. The minimum absolute atomic E-state index is 0.203. The van der Waals surface area contributed by atoms with E-state index in [1.54, 1.807) is 6.20 Å². The van der Waals surface area contributed by atoms with Crippen molar-refractivity contribution in [1.82, 2.24) is 15.0 Å². The summed E-state index contributed by atoms with van der Waals surface area (Å²) in [5.74, 6) is -0.589. The van der Waals surface area contributed by atoms with Gasteiger partial charge in [0.1, 0.15) is 5.65 Å². The van der Waals surface area contributed by atoms with Crippen LogP contribution in [0.15, 0.2) is 30.9 Å². The molecule has 0 spiro atoms. The lowest BCUT2D eigenvalue weighted by Gasteiger charge is -2.32. The molecule has 0 unspecified atom stereocenters. The topological polar surface area (TPSA) is 78.9 Å². The van der Waals surface area contributed by atoms with Gasteiger partial charge >= 0.3 is 5.97 Å². The van der Waals surface area contributed by atoms with Crippen LogP contribution in [0.5, 0.6) is 0 Å². The zero-order valence-electron chi connectivity index (χ0n) is 10.7. The van der Waals surface area contributed by atoms with E-state index in [0.29, 0.717) is 18.8 Å². The molecule has 1 aliphatic carbocycles. The lowest BCUT2D eigenvalue weighted by molar-refractivity contribution is -0.145. The van der Waals surface area contributed by atoms with E-state index in [1.807, 2.05) is 24.7 Å². The molecule has 20 heavy (non-hydrogen) atoms. The molecule has 5 nitrogen and oxygen atoms in total. The van der Waals surface area contributed by atoms with Gasteiger partial charge in [0.25, 0.3) is 0 Å². The summed E-state index contributed by atoms with van der Waals surface area (Å²) < 4.78 is 0. The molecule has 1 fully saturated rings. The van der Waals surface area contributed by atoms with E-state index in [-0.39, 0.29) is 5.92 Å². The van der Waals surface area contributed by atoms with Crippen LogP contribution in [0.3, 0.4) is 0 Å². The Morgan fingerprint density at radius 3 is 3.00 bits per heavy atom. The van der Waals surface area contributed by atoms with Gasteiger partial charge in [-0.2, -0.15) is 0 Å². The smallest absolute Gasteiger partial charge is 0.306 e. The Hall–Kier alpha value is -2.43. The fourth-order valence-electron chi connectivity index (χ4n) is 3.07. The first-order chi connectivity index (χ1) is 9.74. The highest BCUT2D eigenvalue weighted by Crippen LogP contribution is 2.44. The van der Waals surface area contributed by atoms with Crippen molar-refractivity contribution in [2.45, 2.75) is 18.8 Å². The monoisotopic (exact) mass is 267 g/mol. The molecular formula is C15H13N3O2. The van der Waals surface area contributed by atoms with E-state index in [0.717, 1.165) is 21.8 Å². The van der Waals surface area contributed by atoms with E-state index in [1.165, 1.54) is 5.56 Å². The molecule has 0 aliphatic heterocycles. The van der Waals surface area contributed by atoms with Crippen LogP contribution in [0.25, 0.3) is 21.8 Å². The van der Waals surface area contributed by atoms with Gasteiger partial charge in [0.05, 0.1) is 5.92 Å². The molecule has 3 heterocycles. The first kappa shape index (κ1) is 11.4. The summed E-state index contributed by atoms with van der Waals surface area (Å²) >= 11 is 0. The number of pyridine rings is 2. The number of nitrogens with one attached hydrogen (secondary N) is 1. The maximum atomic E-state index is 10.9. The first-order valence-corrected chi connectivity index (χ1v) is 6.66. The highest BCUT2D eigenvalue weighted by molar-refractivity contribution is 6.06. The molecule has 0 atom stereocenters. The van der Waals surface area contributed by atoms with Crippen molar-refractivity contribution in [3.8, 4) is 0 Å². The lowest BCUT2D eigenvalue weighted by atomic mass is 9.71. The Morgan fingerprint density at radius 2 is 2.20 bits per heavy atom. The van der Waals surface area contributed by atoms with Crippen LogP contribution in [0, 0.1) is 5.92 Å². The van der Waals surface area contributed by atoms with Gasteiger partial charge in [0.2, 0.25) is 0 Å². The van der Waals surface area contributed by atoms with Crippen molar-refractivity contribution in [3.63, 3.8) is 0 Å². The number of fused-ring (bicyclic) bond motifs is 3. The van der Waals surface area contributed by atoms with E-state index in [4.69, 9.17) is 5.11 Å². The normalized spacial score (nSPS) is 22.0. The van der Waals surface area contributed by atoms with E-state index in [2.05, 4.69) is 15.0 Å². The molecule has 0 bridgehead atoms. The van der Waals surface area contributed by atoms with Crippen LogP contribution >= 0.6 is 0 Å². The second-order valence-electron chi connectivity index (χ2n) is 5.39. The number of aliphatic carboxylic acids is 1. The summed E-state index contributed by atoms with van der Waals surface area (Å²) in [6, 6.07) is 1.94. The van der Waals surface area contributed by atoms with Crippen LogP contribution in [0.1, 0.15) is 24.3 Å². The number of aromatic nitrogens is 3. The average molecular weight is 267 g/mol. The number of nitrogens with zero attached hydrogens (tertiary/aromatic N) is 2. The summed E-state index contributed by atoms with van der Waals surface area (Å²) in [4.78, 5) is 22.7. The molecule has 1 saturated carbocycles. The molecule has 3 aromatic heterocycles. The molecule has 0 amide bonds. The molecule has 4 rings (SSSR count). The van der Waals surface area contributed by atoms with E-state index >= 15 is 0 Å². The number of rotatable bonds is 2.